The first-order chi connectivity index (χ1) is 21.3. The summed E-state index contributed by atoms with van der Waals surface area (Å²) in [7, 11) is 0. The maximum atomic E-state index is 10.7. The third-order valence-corrected chi connectivity index (χ3v) is 9.93. The summed E-state index contributed by atoms with van der Waals surface area (Å²) < 4.78 is 0. The Bertz CT molecular complexity index is 2280. The summed E-state index contributed by atoms with van der Waals surface area (Å²) in [5.74, 6) is 0.465. The molecule has 0 bridgehead atoms. The molecule has 43 heavy (non-hydrogen) atoms. The van der Waals surface area contributed by atoms with Crippen molar-refractivity contribution in [2.75, 3.05) is 0 Å². The highest BCUT2D eigenvalue weighted by Crippen LogP contribution is 2.61. The Morgan fingerprint density at radius 1 is 0.512 bits per heavy atom. The van der Waals surface area contributed by atoms with Gasteiger partial charge in [0.2, 0.25) is 0 Å². The van der Waals surface area contributed by atoms with Gasteiger partial charge in [-0.3, -0.25) is 0 Å². The molecule has 0 aliphatic heterocycles. The van der Waals surface area contributed by atoms with Crippen LogP contribution in [0.2, 0.25) is 0 Å². The monoisotopic (exact) mass is 547 g/mol. The molecule has 0 unspecified atom stereocenters. The molecule has 0 saturated heterocycles. The fourth-order valence-corrected chi connectivity index (χ4v) is 8.21. The van der Waals surface area contributed by atoms with E-state index in [0.29, 0.717) is 5.92 Å². The van der Waals surface area contributed by atoms with Crippen molar-refractivity contribution in [2.45, 2.75) is 31.6 Å². The smallest absolute Gasteiger partial charge is 0.0998 e. The Hall–Kier alpha value is -5.19. The zero-order chi connectivity index (χ0) is 28.5. The number of nitrogens with zero attached hydrogens (tertiary/aromatic N) is 1. The Morgan fingerprint density at radius 3 is 1.70 bits per heavy atom. The molecule has 0 amide bonds. The molecule has 2 aliphatic carbocycles. The van der Waals surface area contributed by atoms with Crippen LogP contribution >= 0.6 is 0 Å². The summed E-state index contributed by atoms with van der Waals surface area (Å²) in [5, 5.41) is 17.9. The second-order valence-electron chi connectivity index (χ2n) is 12.2. The number of rotatable bonds is 3. The lowest BCUT2D eigenvalue weighted by atomic mass is 9.80. The second kappa shape index (κ2) is 9.41. The summed E-state index contributed by atoms with van der Waals surface area (Å²) >= 11 is 0. The molecule has 0 aromatic heterocycles. The van der Waals surface area contributed by atoms with Crippen LogP contribution in [0.4, 0.5) is 0 Å². The summed E-state index contributed by atoms with van der Waals surface area (Å²) in [6.07, 6.45) is 4.86. The predicted molar refractivity (Wildman–Crippen MR) is 180 cm³/mol. The van der Waals surface area contributed by atoms with E-state index in [0.717, 1.165) is 16.3 Å². The zero-order valence-electron chi connectivity index (χ0n) is 23.9. The van der Waals surface area contributed by atoms with Crippen molar-refractivity contribution < 1.29 is 0 Å². The van der Waals surface area contributed by atoms with Crippen LogP contribution < -0.4 is 0 Å². The standard InChI is InChI=1S/C42H29N/c43-25-30-24-34(26-13-7-8-14-26)39-40-35(23-29-19-9-10-20-31(29)38(30)40)41-36(27-15-3-1-4-16-27)32-21-11-12-22-33(32)37(42(39)41)28-17-5-2-6-18-28/h1-6,9-12,15-24,26H,7-8,13-14H2. The van der Waals surface area contributed by atoms with Gasteiger partial charge < -0.3 is 0 Å². The highest BCUT2D eigenvalue weighted by molar-refractivity contribution is 6.32. The van der Waals surface area contributed by atoms with Gasteiger partial charge in [-0.25, -0.2) is 0 Å². The Morgan fingerprint density at radius 2 is 1.07 bits per heavy atom. The number of benzene rings is 7. The molecule has 0 N–H and O–H groups in total. The molecule has 0 heterocycles. The summed E-state index contributed by atoms with van der Waals surface area (Å²) in [6, 6.07) is 46.8. The van der Waals surface area contributed by atoms with Crippen LogP contribution in [0, 0.1) is 11.3 Å². The highest BCUT2D eigenvalue weighted by Gasteiger charge is 2.35. The van der Waals surface area contributed by atoms with Gasteiger partial charge in [0.15, 0.2) is 0 Å². The molecular weight excluding hydrogens is 518 g/mol. The average molecular weight is 548 g/mol. The number of hydrogen-bond acceptors (Lipinski definition) is 1. The van der Waals surface area contributed by atoms with E-state index in [1.165, 1.54) is 97.3 Å². The Labute approximate surface area is 251 Å². The highest BCUT2D eigenvalue weighted by atomic mass is 14.4. The molecule has 1 heteroatoms. The van der Waals surface area contributed by atoms with Crippen molar-refractivity contribution in [3.8, 4) is 50.6 Å². The molecule has 202 valence electrons. The zero-order valence-corrected chi connectivity index (χ0v) is 23.9. The molecule has 9 rings (SSSR count). The molecule has 0 radical (unpaired) electrons. The van der Waals surface area contributed by atoms with Crippen molar-refractivity contribution in [3.05, 3.63) is 132 Å². The van der Waals surface area contributed by atoms with Crippen LogP contribution in [0.1, 0.15) is 42.7 Å². The lowest BCUT2D eigenvalue weighted by Gasteiger charge is -2.22. The second-order valence-corrected chi connectivity index (χ2v) is 12.2. The van der Waals surface area contributed by atoms with E-state index >= 15 is 0 Å². The lowest BCUT2D eigenvalue weighted by Crippen LogP contribution is -1.99. The van der Waals surface area contributed by atoms with Gasteiger partial charge >= 0.3 is 0 Å². The van der Waals surface area contributed by atoms with Gasteiger partial charge in [0.1, 0.15) is 0 Å². The molecule has 1 fully saturated rings. The maximum absolute atomic E-state index is 10.7. The third kappa shape index (κ3) is 3.44. The van der Waals surface area contributed by atoms with Gasteiger partial charge in [0.05, 0.1) is 11.6 Å². The molecule has 2 aliphatic rings. The summed E-state index contributed by atoms with van der Waals surface area (Å²) in [5.41, 5.74) is 12.5. The average Bonchev–Trinajstić information content (AvgIpc) is 3.72. The van der Waals surface area contributed by atoms with Crippen LogP contribution in [-0.4, -0.2) is 0 Å². The van der Waals surface area contributed by atoms with Gasteiger partial charge in [-0.05, 0) is 108 Å². The number of fused-ring (bicyclic) bond motifs is 6. The van der Waals surface area contributed by atoms with Gasteiger partial charge in [0, 0.05) is 5.39 Å². The lowest BCUT2D eigenvalue weighted by molar-refractivity contribution is 0.726. The van der Waals surface area contributed by atoms with Crippen molar-refractivity contribution in [3.63, 3.8) is 0 Å². The third-order valence-electron chi connectivity index (χ3n) is 9.93. The van der Waals surface area contributed by atoms with Crippen LogP contribution in [-0.2, 0) is 0 Å². The molecule has 0 spiro atoms. The van der Waals surface area contributed by atoms with Gasteiger partial charge in [-0.2, -0.15) is 5.26 Å². The van der Waals surface area contributed by atoms with E-state index in [9.17, 15) is 5.26 Å². The van der Waals surface area contributed by atoms with Crippen LogP contribution in [0.15, 0.2) is 121 Å². The van der Waals surface area contributed by atoms with E-state index in [1.54, 1.807) is 0 Å². The first-order valence-electron chi connectivity index (χ1n) is 15.5. The largest absolute Gasteiger partial charge is 0.192 e. The predicted octanol–water partition coefficient (Wildman–Crippen LogP) is 11.7. The minimum atomic E-state index is 0.465. The van der Waals surface area contributed by atoms with Gasteiger partial charge in [-0.15, -0.1) is 0 Å². The van der Waals surface area contributed by atoms with Crippen molar-refractivity contribution in [2.24, 2.45) is 0 Å². The Kier molecular flexibility index (Phi) is 5.34. The van der Waals surface area contributed by atoms with Gasteiger partial charge in [-0.1, -0.05) is 122 Å². The quantitative estimate of drug-likeness (QED) is 0.202. The van der Waals surface area contributed by atoms with Crippen molar-refractivity contribution in [1.82, 2.24) is 0 Å². The summed E-state index contributed by atoms with van der Waals surface area (Å²) in [4.78, 5) is 0. The topological polar surface area (TPSA) is 23.8 Å². The van der Waals surface area contributed by atoms with E-state index in [1.807, 2.05) is 0 Å². The fourth-order valence-electron chi connectivity index (χ4n) is 8.21. The first kappa shape index (κ1) is 24.4. The molecular formula is C42H29N. The normalized spacial score (nSPS) is 14.0. The number of hydrogen-bond donors (Lipinski definition) is 0. The molecule has 7 aromatic rings. The maximum Gasteiger partial charge on any atom is 0.0998 e. The van der Waals surface area contributed by atoms with Crippen molar-refractivity contribution >= 4 is 32.3 Å². The van der Waals surface area contributed by atoms with Crippen molar-refractivity contribution in [1.29, 1.82) is 5.26 Å². The van der Waals surface area contributed by atoms with Crippen LogP contribution in [0.3, 0.4) is 0 Å². The Balaban J connectivity index is 1.59. The number of nitriles is 1. The molecule has 7 aromatic carbocycles. The minimum Gasteiger partial charge on any atom is -0.192 e. The van der Waals surface area contributed by atoms with Crippen LogP contribution in [0.25, 0.3) is 76.8 Å². The van der Waals surface area contributed by atoms with Gasteiger partial charge in [0.25, 0.3) is 0 Å². The SMILES string of the molecule is N#Cc1cc(C2CCCC2)c2c3c(cc4ccccc4c13)-c1c-2c(-c2ccccc2)c2ccccc2c1-c1ccccc1. The van der Waals surface area contributed by atoms with E-state index in [2.05, 4.69) is 127 Å². The molecule has 1 nitrogen and oxygen atoms in total. The van der Waals surface area contributed by atoms with E-state index in [-0.39, 0.29) is 0 Å². The first-order valence-corrected chi connectivity index (χ1v) is 15.5. The summed E-state index contributed by atoms with van der Waals surface area (Å²) in [6.45, 7) is 0. The van der Waals surface area contributed by atoms with E-state index < -0.39 is 0 Å². The van der Waals surface area contributed by atoms with E-state index in [4.69, 9.17) is 0 Å². The fraction of sp³-hybridized carbons (Fsp3) is 0.119. The van der Waals surface area contributed by atoms with Crippen LogP contribution in [0.5, 0.6) is 0 Å². The minimum absolute atomic E-state index is 0.465. The molecule has 1 saturated carbocycles. The molecule has 0 atom stereocenters.